The summed E-state index contributed by atoms with van der Waals surface area (Å²) < 4.78 is 10.6. The summed E-state index contributed by atoms with van der Waals surface area (Å²) in [5, 5.41) is 5.76. The zero-order valence-electron chi connectivity index (χ0n) is 19.8. The van der Waals surface area contributed by atoms with E-state index < -0.39 is 12.0 Å². The number of carbonyl (C=O) groups is 2. The molecule has 2 aromatic rings. The summed E-state index contributed by atoms with van der Waals surface area (Å²) in [7, 11) is 1.60. The molecule has 0 bridgehead atoms. The highest BCUT2D eigenvalue weighted by atomic mass is 16.5. The van der Waals surface area contributed by atoms with Gasteiger partial charge in [-0.3, -0.25) is 9.80 Å². The van der Waals surface area contributed by atoms with E-state index in [0.717, 1.165) is 38.3 Å². The molecular formula is C26H32N4O4. The molecule has 8 nitrogen and oxygen atoms in total. The van der Waals surface area contributed by atoms with Crippen LogP contribution in [-0.2, 0) is 16.1 Å². The van der Waals surface area contributed by atoms with Crippen LogP contribution in [0.1, 0.15) is 24.1 Å². The van der Waals surface area contributed by atoms with Crippen LogP contribution in [0.3, 0.4) is 0 Å². The van der Waals surface area contributed by atoms with E-state index in [1.165, 1.54) is 5.56 Å². The number of esters is 1. The Labute approximate surface area is 200 Å². The molecule has 180 valence electrons. The molecule has 0 saturated carbocycles. The van der Waals surface area contributed by atoms with Crippen LogP contribution in [0.15, 0.2) is 65.9 Å². The standard InChI is InChI=1S/C26H32N4O4/c1-3-34-25(31)23-22(27-26(32)28-24(23)20-9-11-21(33-2)12-10-20)18-30-15-13-29(14-16-30)17-19-7-5-4-6-8-19/h4-12,24H,3,13-18H2,1-2H3,(H2,27,28,32)/t24-/m0/s1. The normalized spacial score (nSPS) is 19.4. The van der Waals surface area contributed by atoms with Gasteiger partial charge in [0.15, 0.2) is 0 Å². The van der Waals surface area contributed by atoms with Crippen molar-refractivity contribution in [1.29, 1.82) is 0 Å². The lowest BCUT2D eigenvalue weighted by molar-refractivity contribution is -0.139. The second-order valence-electron chi connectivity index (χ2n) is 8.46. The molecular weight excluding hydrogens is 432 g/mol. The second kappa shape index (κ2) is 11.2. The number of hydrogen-bond donors (Lipinski definition) is 2. The third-order valence-electron chi connectivity index (χ3n) is 6.19. The number of nitrogens with one attached hydrogen (secondary N) is 2. The quantitative estimate of drug-likeness (QED) is 0.585. The maximum Gasteiger partial charge on any atom is 0.338 e. The third-order valence-corrected chi connectivity index (χ3v) is 6.19. The van der Waals surface area contributed by atoms with Crippen molar-refractivity contribution in [2.75, 3.05) is 46.4 Å². The van der Waals surface area contributed by atoms with E-state index in [4.69, 9.17) is 9.47 Å². The molecule has 1 atom stereocenters. The fraction of sp³-hybridized carbons (Fsp3) is 0.385. The predicted molar refractivity (Wildman–Crippen MR) is 129 cm³/mol. The van der Waals surface area contributed by atoms with Gasteiger partial charge in [-0.05, 0) is 30.2 Å². The minimum absolute atomic E-state index is 0.261. The van der Waals surface area contributed by atoms with Crippen molar-refractivity contribution >= 4 is 12.0 Å². The molecule has 2 amide bonds. The van der Waals surface area contributed by atoms with Crippen molar-refractivity contribution in [3.8, 4) is 5.75 Å². The molecule has 0 unspecified atom stereocenters. The zero-order chi connectivity index (χ0) is 23.9. The summed E-state index contributed by atoms with van der Waals surface area (Å²) >= 11 is 0. The van der Waals surface area contributed by atoms with E-state index in [1.807, 2.05) is 30.3 Å². The number of nitrogens with zero attached hydrogens (tertiary/aromatic N) is 2. The van der Waals surface area contributed by atoms with Crippen molar-refractivity contribution in [1.82, 2.24) is 20.4 Å². The average molecular weight is 465 g/mol. The van der Waals surface area contributed by atoms with Gasteiger partial charge in [0.05, 0.1) is 25.3 Å². The average Bonchev–Trinajstić information content (AvgIpc) is 2.86. The number of urea groups is 1. The van der Waals surface area contributed by atoms with Gasteiger partial charge in [-0.1, -0.05) is 42.5 Å². The number of benzene rings is 2. The maximum absolute atomic E-state index is 13.0. The summed E-state index contributed by atoms with van der Waals surface area (Å²) in [6, 6.07) is 16.9. The van der Waals surface area contributed by atoms with E-state index in [-0.39, 0.29) is 12.6 Å². The Bertz CT molecular complexity index is 1010. The van der Waals surface area contributed by atoms with Crippen molar-refractivity contribution in [3.63, 3.8) is 0 Å². The monoisotopic (exact) mass is 464 g/mol. The molecule has 1 fully saturated rings. The van der Waals surface area contributed by atoms with Crippen LogP contribution in [0, 0.1) is 0 Å². The lowest BCUT2D eigenvalue weighted by Crippen LogP contribution is -2.51. The zero-order valence-corrected chi connectivity index (χ0v) is 19.8. The number of ether oxygens (including phenoxy) is 2. The Kier molecular flexibility index (Phi) is 7.82. The van der Waals surface area contributed by atoms with E-state index in [1.54, 1.807) is 14.0 Å². The summed E-state index contributed by atoms with van der Waals surface area (Å²) in [5.41, 5.74) is 3.14. The SMILES string of the molecule is CCOC(=O)C1=C(CN2CCN(Cc3ccccc3)CC2)NC(=O)N[C@H]1c1ccc(OC)cc1. The molecule has 2 N–H and O–H groups in total. The Morgan fingerprint density at radius 3 is 2.24 bits per heavy atom. The first-order valence-corrected chi connectivity index (χ1v) is 11.7. The molecule has 1 saturated heterocycles. The fourth-order valence-corrected chi connectivity index (χ4v) is 4.41. The largest absolute Gasteiger partial charge is 0.497 e. The van der Waals surface area contributed by atoms with Crippen LogP contribution in [-0.4, -0.2) is 68.2 Å². The highest BCUT2D eigenvalue weighted by Gasteiger charge is 2.34. The summed E-state index contributed by atoms with van der Waals surface area (Å²) in [6.45, 7) is 6.99. The van der Waals surface area contributed by atoms with Gasteiger partial charge in [0.2, 0.25) is 0 Å². The van der Waals surface area contributed by atoms with Gasteiger partial charge in [0.1, 0.15) is 5.75 Å². The van der Waals surface area contributed by atoms with Gasteiger partial charge in [0, 0.05) is 45.0 Å². The molecule has 4 rings (SSSR count). The van der Waals surface area contributed by atoms with Gasteiger partial charge in [-0.15, -0.1) is 0 Å². The minimum Gasteiger partial charge on any atom is -0.497 e. The van der Waals surface area contributed by atoms with Crippen molar-refractivity contribution in [3.05, 3.63) is 77.0 Å². The van der Waals surface area contributed by atoms with Gasteiger partial charge < -0.3 is 20.1 Å². The first-order valence-electron chi connectivity index (χ1n) is 11.7. The summed E-state index contributed by atoms with van der Waals surface area (Å²) in [6.07, 6.45) is 0. The first-order chi connectivity index (χ1) is 16.6. The smallest absolute Gasteiger partial charge is 0.338 e. The van der Waals surface area contributed by atoms with Gasteiger partial charge in [0.25, 0.3) is 0 Å². The molecule has 2 aromatic carbocycles. The van der Waals surface area contributed by atoms with Crippen LogP contribution >= 0.6 is 0 Å². The lowest BCUT2D eigenvalue weighted by atomic mass is 9.94. The fourth-order valence-electron chi connectivity index (χ4n) is 4.41. The molecule has 2 aliphatic rings. The van der Waals surface area contributed by atoms with Crippen LogP contribution < -0.4 is 15.4 Å². The number of piperazine rings is 1. The van der Waals surface area contributed by atoms with Crippen LogP contribution in [0.4, 0.5) is 4.79 Å². The van der Waals surface area contributed by atoms with Crippen molar-refractivity contribution in [2.45, 2.75) is 19.5 Å². The maximum atomic E-state index is 13.0. The van der Waals surface area contributed by atoms with Gasteiger partial charge in [-0.2, -0.15) is 0 Å². The predicted octanol–water partition coefficient (Wildman–Crippen LogP) is 2.68. The number of amides is 2. The van der Waals surface area contributed by atoms with Gasteiger partial charge in [-0.25, -0.2) is 9.59 Å². The molecule has 0 aliphatic carbocycles. The van der Waals surface area contributed by atoms with E-state index in [0.29, 0.717) is 23.6 Å². The molecule has 0 aromatic heterocycles. The second-order valence-corrected chi connectivity index (χ2v) is 8.46. The molecule has 8 heteroatoms. The molecule has 2 heterocycles. The Morgan fingerprint density at radius 2 is 1.62 bits per heavy atom. The number of hydrogen-bond acceptors (Lipinski definition) is 6. The lowest BCUT2D eigenvalue weighted by Gasteiger charge is -2.37. The Hall–Kier alpha value is -3.36. The van der Waals surface area contributed by atoms with E-state index >= 15 is 0 Å². The Balaban J connectivity index is 1.51. The summed E-state index contributed by atoms with van der Waals surface area (Å²) in [5.74, 6) is 0.285. The molecule has 2 aliphatic heterocycles. The molecule has 0 spiro atoms. The first kappa shape index (κ1) is 23.8. The van der Waals surface area contributed by atoms with Crippen LogP contribution in [0.5, 0.6) is 5.75 Å². The number of carbonyl (C=O) groups excluding carboxylic acids is 2. The van der Waals surface area contributed by atoms with E-state index in [2.05, 4.69) is 44.7 Å². The molecule has 0 radical (unpaired) electrons. The number of rotatable bonds is 8. The van der Waals surface area contributed by atoms with Crippen molar-refractivity contribution < 1.29 is 19.1 Å². The topological polar surface area (TPSA) is 83.1 Å². The summed E-state index contributed by atoms with van der Waals surface area (Å²) in [4.78, 5) is 30.2. The van der Waals surface area contributed by atoms with Crippen molar-refractivity contribution in [2.24, 2.45) is 0 Å². The highest BCUT2D eigenvalue weighted by Crippen LogP contribution is 2.29. The van der Waals surface area contributed by atoms with E-state index in [9.17, 15) is 9.59 Å². The van der Waals surface area contributed by atoms with Crippen LogP contribution in [0.25, 0.3) is 0 Å². The van der Waals surface area contributed by atoms with Crippen LogP contribution in [0.2, 0.25) is 0 Å². The van der Waals surface area contributed by atoms with Gasteiger partial charge >= 0.3 is 12.0 Å². The molecule has 34 heavy (non-hydrogen) atoms. The minimum atomic E-state index is -0.590. The highest BCUT2D eigenvalue weighted by molar-refractivity contribution is 5.95. The Morgan fingerprint density at radius 1 is 0.971 bits per heavy atom. The third kappa shape index (κ3) is 5.76. The number of methoxy groups -OCH3 is 1.